The van der Waals surface area contributed by atoms with E-state index >= 15 is 0 Å². The molecule has 0 radical (unpaired) electrons. The summed E-state index contributed by atoms with van der Waals surface area (Å²) in [6, 6.07) is 16.7. The van der Waals surface area contributed by atoms with Gasteiger partial charge in [-0.3, -0.25) is 4.79 Å². The molecule has 0 fully saturated rings. The van der Waals surface area contributed by atoms with Gasteiger partial charge >= 0.3 is 5.97 Å². The van der Waals surface area contributed by atoms with Gasteiger partial charge in [0.05, 0.1) is 17.8 Å². The zero-order valence-electron chi connectivity index (χ0n) is 12.5. The molecule has 0 aliphatic rings. The van der Waals surface area contributed by atoms with Gasteiger partial charge in [-0.2, -0.15) is 5.10 Å². The van der Waals surface area contributed by atoms with Crippen LogP contribution in [0.25, 0.3) is 11.3 Å². The van der Waals surface area contributed by atoms with Crippen LogP contribution in [0, 0.1) is 0 Å². The highest BCUT2D eigenvalue weighted by Crippen LogP contribution is 2.18. The van der Waals surface area contributed by atoms with Gasteiger partial charge < -0.3 is 5.11 Å². The topological polar surface area (TPSA) is 72.2 Å². The van der Waals surface area contributed by atoms with Crippen LogP contribution in [0.5, 0.6) is 0 Å². The van der Waals surface area contributed by atoms with Crippen molar-refractivity contribution in [3.8, 4) is 11.3 Å². The van der Waals surface area contributed by atoms with E-state index in [4.69, 9.17) is 16.7 Å². The van der Waals surface area contributed by atoms with Crippen LogP contribution in [0.4, 0.5) is 0 Å². The Labute approximate surface area is 142 Å². The summed E-state index contributed by atoms with van der Waals surface area (Å²) < 4.78 is 1.31. The summed E-state index contributed by atoms with van der Waals surface area (Å²) in [5, 5.41) is 14.0. The van der Waals surface area contributed by atoms with Crippen molar-refractivity contribution < 1.29 is 9.90 Å². The van der Waals surface area contributed by atoms with Gasteiger partial charge in [0.1, 0.15) is 0 Å². The molecule has 0 aliphatic carbocycles. The minimum Gasteiger partial charge on any atom is -0.478 e. The van der Waals surface area contributed by atoms with Crippen molar-refractivity contribution in [2.45, 2.75) is 6.54 Å². The van der Waals surface area contributed by atoms with E-state index in [1.807, 2.05) is 12.1 Å². The van der Waals surface area contributed by atoms with Crippen molar-refractivity contribution in [3.05, 3.63) is 87.2 Å². The van der Waals surface area contributed by atoms with E-state index < -0.39 is 5.97 Å². The van der Waals surface area contributed by atoms with Crippen LogP contribution >= 0.6 is 11.6 Å². The van der Waals surface area contributed by atoms with Crippen LogP contribution in [-0.2, 0) is 6.54 Å². The molecule has 0 unspecified atom stereocenters. The molecular formula is C18H13ClN2O3. The lowest BCUT2D eigenvalue weighted by Crippen LogP contribution is -2.23. The van der Waals surface area contributed by atoms with E-state index in [9.17, 15) is 9.59 Å². The third-order valence-electron chi connectivity index (χ3n) is 3.51. The zero-order valence-corrected chi connectivity index (χ0v) is 13.3. The van der Waals surface area contributed by atoms with Gasteiger partial charge in [-0.05, 0) is 35.9 Å². The van der Waals surface area contributed by atoms with Crippen molar-refractivity contribution in [3.63, 3.8) is 0 Å². The van der Waals surface area contributed by atoms with Crippen molar-refractivity contribution in [1.29, 1.82) is 0 Å². The molecule has 0 atom stereocenters. The van der Waals surface area contributed by atoms with Gasteiger partial charge in [0.2, 0.25) is 0 Å². The maximum Gasteiger partial charge on any atom is 0.335 e. The van der Waals surface area contributed by atoms with Crippen LogP contribution in [0.2, 0.25) is 5.02 Å². The molecule has 0 saturated carbocycles. The van der Waals surface area contributed by atoms with Crippen molar-refractivity contribution in [1.82, 2.24) is 9.78 Å². The third-order valence-corrected chi connectivity index (χ3v) is 3.76. The number of rotatable bonds is 4. The Morgan fingerprint density at radius 2 is 1.83 bits per heavy atom. The molecule has 1 heterocycles. The molecule has 0 bridgehead atoms. The molecule has 0 amide bonds. The van der Waals surface area contributed by atoms with Crippen LogP contribution in [-0.4, -0.2) is 20.9 Å². The molecule has 3 rings (SSSR count). The normalized spacial score (nSPS) is 10.5. The summed E-state index contributed by atoms with van der Waals surface area (Å²) in [4.78, 5) is 23.1. The van der Waals surface area contributed by atoms with Gasteiger partial charge in [-0.1, -0.05) is 35.9 Å². The maximum absolute atomic E-state index is 12.0. The molecule has 1 aromatic heterocycles. The van der Waals surface area contributed by atoms with Crippen LogP contribution in [0.1, 0.15) is 15.9 Å². The molecule has 5 nitrogen and oxygen atoms in total. The highest BCUT2D eigenvalue weighted by molar-refractivity contribution is 6.30. The standard InChI is InChI=1S/C18H13ClN2O3/c19-15-6-4-13(5-7-15)16-8-9-17(22)21(20-16)11-12-2-1-3-14(10-12)18(23)24/h1-10H,11H2,(H,23,24). The van der Waals surface area contributed by atoms with Gasteiger partial charge in [0.15, 0.2) is 0 Å². The average Bonchev–Trinajstić information content (AvgIpc) is 2.58. The lowest BCUT2D eigenvalue weighted by Gasteiger charge is -2.08. The number of carboxylic acid groups (broad SMARTS) is 1. The minimum atomic E-state index is -1.01. The number of aromatic carboxylic acids is 1. The van der Waals surface area contributed by atoms with E-state index in [1.54, 1.807) is 30.3 Å². The molecule has 0 spiro atoms. The molecule has 0 saturated heterocycles. The number of hydrogen-bond acceptors (Lipinski definition) is 3. The van der Waals surface area contributed by atoms with E-state index in [2.05, 4.69) is 5.10 Å². The van der Waals surface area contributed by atoms with E-state index in [1.165, 1.54) is 22.9 Å². The summed E-state index contributed by atoms with van der Waals surface area (Å²) in [7, 11) is 0. The second-order valence-corrected chi connectivity index (χ2v) is 5.66. The fourth-order valence-electron chi connectivity index (χ4n) is 2.31. The molecule has 0 aliphatic heterocycles. The van der Waals surface area contributed by atoms with Crippen molar-refractivity contribution in [2.24, 2.45) is 0 Å². The average molecular weight is 341 g/mol. The molecule has 3 aromatic rings. The van der Waals surface area contributed by atoms with Gasteiger partial charge in [0.25, 0.3) is 5.56 Å². The first-order valence-electron chi connectivity index (χ1n) is 7.19. The Morgan fingerprint density at radius 1 is 1.08 bits per heavy atom. The number of carbonyl (C=O) groups is 1. The summed E-state index contributed by atoms with van der Waals surface area (Å²) in [6.45, 7) is 0.196. The van der Waals surface area contributed by atoms with Gasteiger partial charge in [0, 0.05) is 16.7 Å². The predicted molar refractivity (Wildman–Crippen MR) is 91.4 cm³/mol. The van der Waals surface area contributed by atoms with Crippen molar-refractivity contribution in [2.75, 3.05) is 0 Å². The lowest BCUT2D eigenvalue weighted by molar-refractivity contribution is 0.0696. The third kappa shape index (κ3) is 3.52. The Morgan fingerprint density at radius 3 is 2.54 bits per heavy atom. The van der Waals surface area contributed by atoms with E-state index in [0.717, 1.165) is 5.56 Å². The maximum atomic E-state index is 12.0. The predicted octanol–water partition coefficient (Wildman–Crippen LogP) is 3.31. The number of aromatic nitrogens is 2. The highest BCUT2D eigenvalue weighted by atomic mass is 35.5. The molecular weight excluding hydrogens is 328 g/mol. The number of nitrogens with zero attached hydrogens (tertiary/aromatic N) is 2. The Kier molecular flexibility index (Phi) is 4.44. The summed E-state index contributed by atoms with van der Waals surface area (Å²) in [5.74, 6) is -1.01. The van der Waals surface area contributed by atoms with E-state index in [-0.39, 0.29) is 17.7 Å². The summed E-state index contributed by atoms with van der Waals surface area (Å²) >= 11 is 5.88. The highest BCUT2D eigenvalue weighted by Gasteiger charge is 2.07. The summed E-state index contributed by atoms with van der Waals surface area (Å²) in [6.07, 6.45) is 0. The Hall–Kier alpha value is -2.92. The first kappa shape index (κ1) is 16.0. The fourth-order valence-corrected chi connectivity index (χ4v) is 2.44. The molecule has 24 heavy (non-hydrogen) atoms. The summed E-state index contributed by atoms with van der Waals surface area (Å²) in [5.41, 5.74) is 2.09. The number of carboxylic acids is 1. The fraction of sp³-hybridized carbons (Fsp3) is 0.0556. The minimum absolute atomic E-state index is 0.175. The number of halogens is 1. The first-order valence-corrected chi connectivity index (χ1v) is 7.57. The SMILES string of the molecule is O=C(O)c1cccc(Cn2nc(-c3ccc(Cl)cc3)ccc2=O)c1. The monoisotopic (exact) mass is 340 g/mol. The largest absolute Gasteiger partial charge is 0.478 e. The smallest absolute Gasteiger partial charge is 0.335 e. The second-order valence-electron chi connectivity index (χ2n) is 5.23. The lowest BCUT2D eigenvalue weighted by atomic mass is 10.1. The Balaban J connectivity index is 1.95. The van der Waals surface area contributed by atoms with E-state index in [0.29, 0.717) is 16.3 Å². The molecule has 1 N–H and O–H groups in total. The van der Waals surface area contributed by atoms with Gasteiger partial charge in [-0.25, -0.2) is 9.48 Å². The van der Waals surface area contributed by atoms with Gasteiger partial charge in [-0.15, -0.1) is 0 Å². The van der Waals surface area contributed by atoms with Crippen LogP contribution in [0.15, 0.2) is 65.5 Å². The van der Waals surface area contributed by atoms with Crippen LogP contribution in [0.3, 0.4) is 0 Å². The first-order chi connectivity index (χ1) is 11.5. The quantitative estimate of drug-likeness (QED) is 0.791. The molecule has 120 valence electrons. The van der Waals surface area contributed by atoms with Crippen molar-refractivity contribution >= 4 is 17.6 Å². The molecule has 6 heteroatoms. The van der Waals surface area contributed by atoms with Crippen LogP contribution < -0.4 is 5.56 Å². The Bertz CT molecular complexity index is 949. The zero-order chi connectivity index (χ0) is 17.1. The number of hydrogen-bond donors (Lipinski definition) is 1. The molecule has 2 aromatic carbocycles. The number of benzene rings is 2. The second kappa shape index (κ2) is 6.68.